The van der Waals surface area contributed by atoms with E-state index in [0.717, 1.165) is 23.2 Å². The van der Waals surface area contributed by atoms with Gasteiger partial charge in [-0.25, -0.2) is 0 Å². The van der Waals surface area contributed by atoms with Crippen molar-refractivity contribution in [2.75, 3.05) is 11.9 Å². The van der Waals surface area contributed by atoms with Crippen LogP contribution in [0.1, 0.15) is 12.5 Å². The Hall–Kier alpha value is -3.07. The largest absolute Gasteiger partial charge is 0.484 e. The summed E-state index contributed by atoms with van der Waals surface area (Å²) in [4.78, 5) is 12.0. The Labute approximate surface area is 148 Å². The summed E-state index contributed by atoms with van der Waals surface area (Å²) >= 11 is 0. The van der Waals surface area contributed by atoms with Crippen molar-refractivity contribution in [2.24, 2.45) is 0 Å². The quantitative estimate of drug-likeness (QED) is 0.695. The fourth-order valence-electron chi connectivity index (χ4n) is 2.54. The van der Waals surface area contributed by atoms with E-state index in [2.05, 4.69) is 24.4 Å². The Morgan fingerprint density at radius 2 is 1.48 bits per heavy atom. The number of hydrogen-bond donors (Lipinski definition) is 1. The molecule has 0 aliphatic heterocycles. The highest BCUT2D eigenvalue weighted by Crippen LogP contribution is 2.21. The Balaban J connectivity index is 1.54. The Morgan fingerprint density at radius 1 is 0.840 bits per heavy atom. The van der Waals surface area contributed by atoms with E-state index in [-0.39, 0.29) is 12.5 Å². The zero-order chi connectivity index (χ0) is 17.5. The third-order valence-electron chi connectivity index (χ3n) is 3.98. The number of carbonyl (C=O) groups excluding carboxylic acids is 1. The molecule has 1 N–H and O–H groups in total. The van der Waals surface area contributed by atoms with Crippen molar-refractivity contribution in [3.05, 3.63) is 84.4 Å². The predicted octanol–water partition coefficient (Wildman–Crippen LogP) is 4.93. The van der Waals surface area contributed by atoms with Crippen molar-refractivity contribution >= 4 is 11.6 Å². The van der Waals surface area contributed by atoms with E-state index in [1.165, 1.54) is 5.56 Å². The molecule has 0 atom stereocenters. The van der Waals surface area contributed by atoms with Gasteiger partial charge in [0.2, 0.25) is 0 Å². The van der Waals surface area contributed by atoms with E-state index >= 15 is 0 Å². The fraction of sp³-hybridized carbons (Fsp3) is 0.136. The first kappa shape index (κ1) is 16.8. The highest BCUT2D eigenvalue weighted by Gasteiger charge is 2.04. The van der Waals surface area contributed by atoms with Crippen LogP contribution in [0.4, 0.5) is 5.69 Å². The van der Waals surface area contributed by atoms with Crippen LogP contribution in [0.2, 0.25) is 0 Å². The van der Waals surface area contributed by atoms with Gasteiger partial charge in [-0.05, 0) is 47.4 Å². The topological polar surface area (TPSA) is 38.3 Å². The number of nitrogens with one attached hydrogen (secondary N) is 1. The molecular formula is C22H21NO2. The van der Waals surface area contributed by atoms with Crippen molar-refractivity contribution in [1.29, 1.82) is 0 Å². The second-order valence-electron chi connectivity index (χ2n) is 5.78. The molecule has 3 rings (SSSR count). The van der Waals surface area contributed by atoms with Crippen LogP contribution in [-0.2, 0) is 11.2 Å². The molecule has 0 saturated heterocycles. The zero-order valence-electron chi connectivity index (χ0n) is 14.2. The normalized spacial score (nSPS) is 10.3. The molecule has 0 heterocycles. The fourth-order valence-corrected chi connectivity index (χ4v) is 2.54. The molecular weight excluding hydrogens is 310 g/mol. The van der Waals surface area contributed by atoms with E-state index < -0.39 is 0 Å². The molecule has 3 aromatic carbocycles. The second kappa shape index (κ2) is 8.15. The van der Waals surface area contributed by atoms with Gasteiger partial charge in [0, 0.05) is 5.69 Å². The molecule has 0 aliphatic carbocycles. The van der Waals surface area contributed by atoms with Gasteiger partial charge in [-0.2, -0.15) is 0 Å². The maximum absolute atomic E-state index is 12.0. The molecule has 0 aromatic heterocycles. The lowest BCUT2D eigenvalue weighted by Crippen LogP contribution is -2.20. The first-order chi connectivity index (χ1) is 12.2. The number of hydrogen-bond acceptors (Lipinski definition) is 2. The van der Waals surface area contributed by atoms with Crippen molar-refractivity contribution in [3.63, 3.8) is 0 Å². The van der Waals surface area contributed by atoms with Crippen molar-refractivity contribution in [2.45, 2.75) is 13.3 Å². The van der Waals surface area contributed by atoms with Crippen LogP contribution in [0.25, 0.3) is 11.1 Å². The summed E-state index contributed by atoms with van der Waals surface area (Å²) in [7, 11) is 0. The van der Waals surface area contributed by atoms with E-state index in [0.29, 0.717) is 5.75 Å². The summed E-state index contributed by atoms with van der Waals surface area (Å²) in [5.41, 5.74) is 4.27. The second-order valence-corrected chi connectivity index (χ2v) is 5.78. The molecule has 1 amide bonds. The van der Waals surface area contributed by atoms with Gasteiger partial charge in [-0.3, -0.25) is 4.79 Å². The highest BCUT2D eigenvalue weighted by atomic mass is 16.5. The van der Waals surface area contributed by atoms with Crippen LogP contribution in [0.5, 0.6) is 5.75 Å². The summed E-state index contributed by atoms with van der Waals surface area (Å²) in [6, 6.07) is 25.7. The third-order valence-corrected chi connectivity index (χ3v) is 3.98. The van der Waals surface area contributed by atoms with Crippen LogP contribution in [0, 0.1) is 0 Å². The minimum absolute atomic E-state index is 0.00803. The minimum atomic E-state index is -0.174. The van der Waals surface area contributed by atoms with Gasteiger partial charge in [-0.15, -0.1) is 0 Å². The van der Waals surface area contributed by atoms with Crippen LogP contribution in [0.15, 0.2) is 78.9 Å². The lowest BCUT2D eigenvalue weighted by molar-refractivity contribution is -0.118. The lowest BCUT2D eigenvalue weighted by atomic mass is 10.1. The maximum Gasteiger partial charge on any atom is 0.262 e. The molecule has 0 fully saturated rings. The standard InChI is InChI=1S/C22H21NO2/c1-2-17-8-14-21(15-9-17)25-16-22(24)23-20-12-10-19(11-13-20)18-6-4-3-5-7-18/h3-15H,2,16H2,1H3,(H,23,24). The Morgan fingerprint density at radius 3 is 2.12 bits per heavy atom. The summed E-state index contributed by atoms with van der Waals surface area (Å²) in [6.07, 6.45) is 0.986. The average molecular weight is 331 g/mol. The lowest BCUT2D eigenvalue weighted by Gasteiger charge is -2.09. The number of carbonyl (C=O) groups is 1. The highest BCUT2D eigenvalue weighted by molar-refractivity contribution is 5.92. The molecule has 0 spiro atoms. The van der Waals surface area contributed by atoms with Gasteiger partial charge in [0.1, 0.15) is 5.75 Å². The summed E-state index contributed by atoms with van der Waals surface area (Å²) < 4.78 is 5.52. The molecule has 0 unspecified atom stereocenters. The van der Waals surface area contributed by atoms with Crippen LogP contribution in [0.3, 0.4) is 0 Å². The van der Waals surface area contributed by atoms with Gasteiger partial charge in [0.15, 0.2) is 6.61 Å². The molecule has 3 aromatic rings. The van der Waals surface area contributed by atoms with Crippen LogP contribution >= 0.6 is 0 Å². The van der Waals surface area contributed by atoms with Gasteiger partial charge >= 0.3 is 0 Å². The third kappa shape index (κ3) is 4.70. The maximum atomic E-state index is 12.0. The SMILES string of the molecule is CCc1ccc(OCC(=O)Nc2ccc(-c3ccccc3)cc2)cc1. The van der Waals surface area contributed by atoms with Crippen molar-refractivity contribution in [1.82, 2.24) is 0 Å². The first-order valence-electron chi connectivity index (χ1n) is 8.41. The number of benzene rings is 3. The van der Waals surface area contributed by atoms with Crippen molar-refractivity contribution in [3.8, 4) is 16.9 Å². The molecule has 0 radical (unpaired) electrons. The van der Waals surface area contributed by atoms with Crippen LogP contribution in [-0.4, -0.2) is 12.5 Å². The smallest absolute Gasteiger partial charge is 0.262 e. The van der Waals surface area contributed by atoms with Gasteiger partial charge < -0.3 is 10.1 Å². The van der Waals surface area contributed by atoms with Crippen LogP contribution < -0.4 is 10.1 Å². The molecule has 0 bridgehead atoms. The minimum Gasteiger partial charge on any atom is -0.484 e. The molecule has 3 nitrogen and oxygen atoms in total. The number of rotatable bonds is 6. The number of ether oxygens (including phenoxy) is 1. The predicted molar refractivity (Wildman–Crippen MR) is 102 cm³/mol. The molecule has 0 saturated carbocycles. The van der Waals surface area contributed by atoms with E-state index in [1.807, 2.05) is 66.7 Å². The number of anilines is 1. The van der Waals surface area contributed by atoms with Gasteiger partial charge in [-0.1, -0.05) is 61.5 Å². The number of aryl methyl sites for hydroxylation is 1. The first-order valence-corrected chi connectivity index (χ1v) is 8.41. The molecule has 25 heavy (non-hydrogen) atoms. The summed E-state index contributed by atoms with van der Waals surface area (Å²) in [5.74, 6) is 0.527. The monoisotopic (exact) mass is 331 g/mol. The average Bonchev–Trinajstić information content (AvgIpc) is 2.68. The van der Waals surface area contributed by atoms with Gasteiger partial charge in [0.05, 0.1) is 0 Å². The van der Waals surface area contributed by atoms with Crippen molar-refractivity contribution < 1.29 is 9.53 Å². The molecule has 0 aliphatic rings. The van der Waals surface area contributed by atoms with E-state index in [4.69, 9.17) is 4.74 Å². The zero-order valence-corrected chi connectivity index (χ0v) is 14.2. The summed E-state index contributed by atoms with van der Waals surface area (Å²) in [6.45, 7) is 2.10. The molecule has 3 heteroatoms. The number of amides is 1. The van der Waals surface area contributed by atoms with E-state index in [9.17, 15) is 4.79 Å². The Kier molecular flexibility index (Phi) is 5.47. The van der Waals surface area contributed by atoms with E-state index in [1.54, 1.807) is 0 Å². The summed E-state index contributed by atoms with van der Waals surface area (Å²) in [5, 5.41) is 2.85. The van der Waals surface area contributed by atoms with Gasteiger partial charge in [0.25, 0.3) is 5.91 Å². The Bertz CT molecular complexity index is 809. The molecule has 126 valence electrons.